The third-order valence-electron chi connectivity index (χ3n) is 4.10. The molecule has 1 rings (SSSR count). The van der Waals surface area contributed by atoms with Crippen LogP contribution in [0.2, 0.25) is 0 Å². The lowest BCUT2D eigenvalue weighted by Crippen LogP contribution is -2.38. The van der Waals surface area contributed by atoms with Gasteiger partial charge in [0.05, 0.1) is 6.10 Å². The standard InChI is InChI=1S/C14H29NO/c1-10(7-13(4)16)9-15-14-6-5-11(2)12(3)8-14/h10-16H,5-9H2,1-4H3/t10-,11+,12-,13-,14+/m0/s1. The normalized spacial score (nSPS) is 34.7. The average Bonchev–Trinajstić information content (AvgIpc) is 2.19. The van der Waals surface area contributed by atoms with Crippen molar-refractivity contribution in [3.05, 3.63) is 0 Å². The number of hydrogen-bond acceptors (Lipinski definition) is 2. The summed E-state index contributed by atoms with van der Waals surface area (Å²) in [6.45, 7) is 9.89. The highest BCUT2D eigenvalue weighted by atomic mass is 16.3. The Labute approximate surface area is 101 Å². The molecule has 0 unspecified atom stereocenters. The van der Waals surface area contributed by atoms with E-state index >= 15 is 0 Å². The van der Waals surface area contributed by atoms with Gasteiger partial charge in [0, 0.05) is 6.04 Å². The second-order valence-electron chi connectivity index (χ2n) is 6.06. The smallest absolute Gasteiger partial charge is 0.0515 e. The summed E-state index contributed by atoms with van der Waals surface area (Å²) in [4.78, 5) is 0. The van der Waals surface area contributed by atoms with Crippen LogP contribution in [-0.4, -0.2) is 23.8 Å². The molecule has 0 aromatic carbocycles. The molecule has 1 aliphatic carbocycles. The first-order chi connectivity index (χ1) is 7.49. The molecule has 0 aromatic rings. The van der Waals surface area contributed by atoms with E-state index in [1.54, 1.807) is 0 Å². The summed E-state index contributed by atoms with van der Waals surface area (Å²) in [7, 11) is 0. The number of hydrogen-bond donors (Lipinski definition) is 2. The SMILES string of the molecule is C[C@H](CN[C@@H]1CC[C@@H](C)[C@@H](C)C1)C[C@H](C)O. The molecular weight excluding hydrogens is 198 g/mol. The van der Waals surface area contributed by atoms with Crippen molar-refractivity contribution in [2.45, 2.75) is 65.5 Å². The van der Waals surface area contributed by atoms with Gasteiger partial charge in [-0.15, -0.1) is 0 Å². The Bertz CT molecular complexity index is 193. The first kappa shape index (κ1) is 14.0. The van der Waals surface area contributed by atoms with E-state index in [-0.39, 0.29) is 6.10 Å². The maximum atomic E-state index is 9.31. The van der Waals surface area contributed by atoms with Gasteiger partial charge in [-0.1, -0.05) is 20.8 Å². The third kappa shape index (κ3) is 4.84. The molecule has 1 saturated carbocycles. The number of nitrogens with one attached hydrogen (secondary N) is 1. The van der Waals surface area contributed by atoms with Crippen LogP contribution in [0, 0.1) is 17.8 Å². The van der Waals surface area contributed by atoms with Crippen LogP contribution < -0.4 is 5.32 Å². The Kier molecular flexibility index (Phi) is 5.77. The van der Waals surface area contributed by atoms with E-state index in [1.807, 2.05) is 6.92 Å². The molecule has 0 bridgehead atoms. The van der Waals surface area contributed by atoms with Crippen molar-refractivity contribution in [1.82, 2.24) is 5.32 Å². The molecular formula is C14H29NO. The van der Waals surface area contributed by atoms with E-state index < -0.39 is 0 Å². The molecule has 0 aromatic heterocycles. The summed E-state index contributed by atoms with van der Waals surface area (Å²) >= 11 is 0. The van der Waals surface area contributed by atoms with Crippen molar-refractivity contribution < 1.29 is 5.11 Å². The average molecular weight is 227 g/mol. The van der Waals surface area contributed by atoms with Gasteiger partial charge < -0.3 is 10.4 Å². The van der Waals surface area contributed by atoms with Gasteiger partial charge in [-0.3, -0.25) is 0 Å². The van der Waals surface area contributed by atoms with Crippen molar-refractivity contribution in [2.24, 2.45) is 17.8 Å². The number of rotatable bonds is 5. The highest BCUT2D eigenvalue weighted by Crippen LogP contribution is 2.29. The summed E-state index contributed by atoms with van der Waals surface area (Å²) in [5.41, 5.74) is 0. The van der Waals surface area contributed by atoms with Crippen LogP contribution in [0.4, 0.5) is 0 Å². The van der Waals surface area contributed by atoms with Gasteiger partial charge in [0.15, 0.2) is 0 Å². The highest BCUT2D eigenvalue weighted by Gasteiger charge is 2.24. The Hall–Kier alpha value is -0.0800. The van der Waals surface area contributed by atoms with Crippen molar-refractivity contribution in [3.8, 4) is 0 Å². The van der Waals surface area contributed by atoms with Gasteiger partial charge in [-0.2, -0.15) is 0 Å². The summed E-state index contributed by atoms with van der Waals surface area (Å²) in [5.74, 6) is 2.33. The maximum absolute atomic E-state index is 9.31. The van der Waals surface area contributed by atoms with E-state index in [1.165, 1.54) is 19.3 Å². The molecule has 0 amide bonds. The molecule has 1 aliphatic rings. The summed E-state index contributed by atoms with van der Waals surface area (Å²) in [5, 5.41) is 13.0. The van der Waals surface area contributed by atoms with Crippen molar-refractivity contribution >= 4 is 0 Å². The Morgan fingerprint density at radius 2 is 1.88 bits per heavy atom. The molecule has 0 saturated heterocycles. The molecule has 1 fully saturated rings. The molecule has 2 heteroatoms. The van der Waals surface area contributed by atoms with Gasteiger partial charge in [0.2, 0.25) is 0 Å². The number of aliphatic hydroxyl groups is 1. The first-order valence-electron chi connectivity index (χ1n) is 6.90. The van der Waals surface area contributed by atoms with E-state index in [0.29, 0.717) is 12.0 Å². The molecule has 0 aliphatic heterocycles. The fraction of sp³-hybridized carbons (Fsp3) is 1.00. The van der Waals surface area contributed by atoms with Crippen LogP contribution in [0.3, 0.4) is 0 Å². The van der Waals surface area contributed by atoms with E-state index in [9.17, 15) is 5.11 Å². The number of aliphatic hydroxyl groups excluding tert-OH is 1. The van der Waals surface area contributed by atoms with Crippen LogP contribution in [-0.2, 0) is 0 Å². The summed E-state index contributed by atoms with van der Waals surface area (Å²) < 4.78 is 0. The van der Waals surface area contributed by atoms with E-state index in [0.717, 1.165) is 24.8 Å². The van der Waals surface area contributed by atoms with Gasteiger partial charge in [0.25, 0.3) is 0 Å². The minimum atomic E-state index is -0.165. The Balaban J connectivity index is 2.18. The second kappa shape index (κ2) is 6.61. The van der Waals surface area contributed by atoms with Crippen LogP contribution in [0.15, 0.2) is 0 Å². The van der Waals surface area contributed by atoms with Crippen LogP contribution in [0.1, 0.15) is 53.4 Å². The predicted molar refractivity (Wildman–Crippen MR) is 69.4 cm³/mol. The zero-order chi connectivity index (χ0) is 12.1. The summed E-state index contributed by atoms with van der Waals surface area (Å²) in [6, 6.07) is 0.711. The predicted octanol–water partition coefficient (Wildman–Crippen LogP) is 2.81. The van der Waals surface area contributed by atoms with Gasteiger partial charge in [-0.05, 0) is 56.9 Å². The van der Waals surface area contributed by atoms with Gasteiger partial charge in [0.1, 0.15) is 0 Å². The quantitative estimate of drug-likeness (QED) is 0.757. The molecule has 5 atom stereocenters. The largest absolute Gasteiger partial charge is 0.393 e. The Morgan fingerprint density at radius 3 is 2.44 bits per heavy atom. The third-order valence-corrected chi connectivity index (χ3v) is 4.10. The Morgan fingerprint density at radius 1 is 1.19 bits per heavy atom. The molecule has 0 spiro atoms. The second-order valence-corrected chi connectivity index (χ2v) is 6.06. The molecule has 0 heterocycles. The summed E-state index contributed by atoms with van der Waals surface area (Å²) in [6.07, 6.45) is 4.76. The van der Waals surface area contributed by atoms with E-state index in [4.69, 9.17) is 0 Å². The van der Waals surface area contributed by atoms with Crippen molar-refractivity contribution in [2.75, 3.05) is 6.54 Å². The molecule has 16 heavy (non-hydrogen) atoms. The minimum absolute atomic E-state index is 0.165. The first-order valence-corrected chi connectivity index (χ1v) is 6.90. The van der Waals surface area contributed by atoms with Crippen molar-refractivity contribution in [3.63, 3.8) is 0 Å². The monoisotopic (exact) mass is 227 g/mol. The molecule has 2 nitrogen and oxygen atoms in total. The van der Waals surface area contributed by atoms with Crippen LogP contribution in [0.25, 0.3) is 0 Å². The van der Waals surface area contributed by atoms with Crippen LogP contribution >= 0.6 is 0 Å². The fourth-order valence-electron chi connectivity index (χ4n) is 2.77. The lowest BCUT2D eigenvalue weighted by atomic mass is 9.79. The zero-order valence-electron chi connectivity index (χ0n) is 11.4. The van der Waals surface area contributed by atoms with E-state index in [2.05, 4.69) is 26.1 Å². The van der Waals surface area contributed by atoms with Gasteiger partial charge >= 0.3 is 0 Å². The van der Waals surface area contributed by atoms with Crippen LogP contribution in [0.5, 0.6) is 0 Å². The lowest BCUT2D eigenvalue weighted by molar-refractivity contribution is 0.158. The topological polar surface area (TPSA) is 32.3 Å². The van der Waals surface area contributed by atoms with Crippen molar-refractivity contribution in [1.29, 1.82) is 0 Å². The molecule has 0 radical (unpaired) electrons. The highest BCUT2D eigenvalue weighted by molar-refractivity contribution is 4.80. The van der Waals surface area contributed by atoms with Gasteiger partial charge in [-0.25, -0.2) is 0 Å². The molecule has 2 N–H and O–H groups in total. The maximum Gasteiger partial charge on any atom is 0.0515 e. The molecule has 96 valence electrons. The minimum Gasteiger partial charge on any atom is -0.393 e. The zero-order valence-corrected chi connectivity index (χ0v) is 11.4. The lowest BCUT2D eigenvalue weighted by Gasteiger charge is -2.33. The fourth-order valence-corrected chi connectivity index (χ4v) is 2.77.